The number of ether oxygens (including phenoxy) is 2. The Balaban J connectivity index is 1.88. The molecule has 0 amide bonds. The van der Waals surface area contributed by atoms with E-state index in [1.54, 1.807) is 24.3 Å². The third-order valence-electron chi connectivity index (χ3n) is 4.13. The van der Waals surface area contributed by atoms with Crippen LogP contribution in [0.25, 0.3) is 11.1 Å². The molecule has 0 aromatic heterocycles. The van der Waals surface area contributed by atoms with Gasteiger partial charge in [-0.05, 0) is 35.4 Å². The lowest BCUT2D eigenvalue weighted by Gasteiger charge is -2.14. The fourth-order valence-electron chi connectivity index (χ4n) is 2.79. The van der Waals surface area contributed by atoms with Gasteiger partial charge >= 0.3 is 6.18 Å². The van der Waals surface area contributed by atoms with E-state index in [1.807, 2.05) is 0 Å². The van der Waals surface area contributed by atoms with Crippen LogP contribution in [-0.2, 0) is 22.3 Å². The third-order valence-corrected chi connectivity index (χ3v) is 4.13. The molecule has 136 valence electrons. The zero-order valence-corrected chi connectivity index (χ0v) is 14.1. The van der Waals surface area contributed by atoms with Gasteiger partial charge in [-0.1, -0.05) is 18.2 Å². The van der Waals surface area contributed by atoms with Gasteiger partial charge in [0.25, 0.3) is 0 Å². The summed E-state index contributed by atoms with van der Waals surface area (Å²) in [6, 6.07) is 10.3. The van der Waals surface area contributed by atoms with E-state index in [0.717, 1.165) is 17.7 Å². The SMILES string of the molecule is COc1ccc(COC2=CC(=O)CC2)cc1-c1cccc(C(F)(F)F)c1. The Labute approximate surface area is 149 Å². The van der Waals surface area contributed by atoms with E-state index in [0.29, 0.717) is 35.5 Å². The van der Waals surface area contributed by atoms with Crippen molar-refractivity contribution in [1.29, 1.82) is 0 Å². The number of halogens is 3. The van der Waals surface area contributed by atoms with Crippen LogP contribution in [0, 0.1) is 0 Å². The summed E-state index contributed by atoms with van der Waals surface area (Å²) in [6.45, 7) is 0.231. The van der Waals surface area contributed by atoms with Crippen LogP contribution in [0.1, 0.15) is 24.0 Å². The number of methoxy groups -OCH3 is 1. The van der Waals surface area contributed by atoms with Crippen molar-refractivity contribution < 1.29 is 27.4 Å². The lowest BCUT2D eigenvalue weighted by Crippen LogP contribution is -2.04. The summed E-state index contributed by atoms with van der Waals surface area (Å²) in [6.07, 6.45) is -1.90. The van der Waals surface area contributed by atoms with Gasteiger partial charge in [0.05, 0.1) is 12.7 Å². The maximum Gasteiger partial charge on any atom is 0.416 e. The van der Waals surface area contributed by atoms with Crippen molar-refractivity contribution in [2.45, 2.75) is 25.6 Å². The molecule has 6 heteroatoms. The van der Waals surface area contributed by atoms with Crippen molar-refractivity contribution in [3.63, 3.8) is 0 Å². The number of benzene rings is 2. The topological polar surface area (TPSA) is 35.5 Å². The molecule has 2 aromatic rings. The molecule has 0 aliphatic heterocycles. The smallest absolute Gasteiger partial charge is 0.416 e. The molecular weight excluding hydrogens is 345 g/mol. The maximum absolute atomic E-state index is 13.0. The maximum atomic E-state index is 13.0. The Hall–Kier alpha value is -2.76. The molecule has 3 rings (SSSR count). The van der Waals surface area contributed by atoms with Gasteiger partial charge in [0.2, 0.25) is 0 Å². The normalized spacial score (nSPS) is 14.3. The lowest BCUT2D eigenvalue weighted by molar-refractivity contribution is -0.137. The lowest BCUT2D eigenvalue weighted by atomic mass is 10.00. The van der Waals surface area contributed by atoms with Crippen molar-refractivity contribution in [3.8, 4) is 16.9 Å². The van der Waals surface area contributed by atoms with Crippen molar-refractivity contribution in [1.82, 2.24) is 0 Å². The Morgan fingerprint density at radius 1 is 1.08 bits per heavy atom. The van der Waals surface area contributed by atoms with Crippen molar-refractivity contribution in [3.05, 3.63) is 65.4 Å². The number of carbonyl (C=O) groups excluding carboxylic acids is 1. The fraction of sp³-hybridized carbons (Fsp3) is 0.250. The second kappa shape index (κ2) is 7.23. The van der Waals surface area contributed by atoms with E-state index in [-0.39, 0.29) is 12.4 Å². The third kappa shape index (κ3) is 4.07. The van der Waals surface area contributed by atoms with E-state index in [2.05, 4.69) is 0 Å². The van der Waals surface area contributed by atoms with Crippen molar-refractivity contribution in [2.75, 3.05) is 7.11 Å². The van der Waals surface area contributed by atoms with Crippen LogP contribution in [0.4, 0.5) is 13.2 Å². The van der Waals surface area contributed by atoms with Crippen LogP contribution in [0.5, 0.6) is 5.75 Å². The molecule has 0 atom stereocenters. The molecule has 0 N–H and O–H groups in total. The highest BCUT2D eigenvalue weighted by molar-refractivity contribution is 5.92. The minimum absolute atomic E-state index is 0.0411. The van der Waals surface area contributed by atoms with Crippen LogP contribution >= 0.6 is 0 Å². The van der Waals surface area contributed by atoms with Gasteiger partial charge in [0.1, 0.15) is 18.1 Å². The summed E-state index contributed by atoms with van der Waals surface area (Å²) in [5, 5.41) is 0. The van der Waals surface area contributed by atoms with E-state index >= 15 is 0 Å². The minimum Gasteiger partial charge on any atom is -0.496 e. The predicted molar refractivity (Wildman–Crippen MR) is 90.5 cm³/mol. The standard InChI is InChI=1S/C20H17F3O3/c1-25-19-8-5-13(12-26-17-7-6-16(24)11-17)9-18(19)14-3-2-4-15(10-14)20(21,22)23/h2-5,8-11H,6-7,12H2,1H3. The number of carbonyl (C=O) groups is 1. The molecule has 0 unspecified atom stereocenters. The first kappa shape index (κ1) is 18.0. The van der Waals surface area contributed by atoms with Crippen molar-refractivity contribution >= 4 is 5.78 Å². The Morgan fingerprint density at radius 3 is 2.54 bits per heavy atom. The van der Waals surface area contributed by atoms with Crippen molar-refractivity contribution in [2.24, 2.45) is 0 Å². The molecule has 0 heterocycles. The van der Waals surface area contributed by atoms with Gasteiger partial charge in [-0.15, -0.1) is 0 Å². The second-order valence-corrected chi connectivity index (χ2v) is 5.98. The van der Waals surface area contributed by atoms with E-state index < -0.39 is 11.7 Å². The summed E-state index contributed by atoms with van der Waals surface area (Å²) >= 11 is 0. The van der Waals surface area contributed by atoms with Gasteiger partial charge < -0.3 is 9.47 Å². The van der Waals surface area contributed by atoms with Crippen LogP contribution in [0.15, 0.2) is 54.3 Å². The van der Waals surface area contributed by atoms with E-state index in [4.69, 9.17) is 9.47 Å². The zero-order valence-electron chi connectivity index (χ0n) is 14.1. The predicted octanol–water partition coefficient (Wildman–Crippen LogP) is 5.14. The Kier molecular flexibility index (Phi) is 5.02. The van der Waals surface area contributed by atoms with Gasteiger partial charge in [0.15, 0.2) is 5.78 Å². The summed E-state index contributed by atoms with van der Waals surface area (Å²) in [4.78, 5) is 11.2. The molecule has 26 heavy (non-hydrogen) atoms. The van der Waals surface area contributed by atoms with Crippen LogP contribution in [-0.4, -0.2) is 12.9 Å². The number of rotatable bonds is 5. The number of alkyl halides is 3. The number of hydrogen-bond acceptors (Lipinski definition) is 3. The molecule has 3 nitrogen and oxygen atoms in total. The van der Waals surface area contributed by atoms with Gasteiger partial charge in [-0.3, -0.25) is 4.79 Å². The number of ketones is 1. The van der Waals surface area contributed by atoms with E-state index in [9.17, 15) is 18.0 Å². The molecule has 1 aliphatic carbocycles. The van der Waals surface area contributed by atoms with Crippen LogP contribution < -0.4 is 4.74 Å². The zero-order chi connectivity index (χ0) is 18.7. The molecule has 0 radical (unpaired) electrons. The molecule has 2 aromatic carbocycles. The summed E-state index contributed by atoms with van der Waals surface area (Å²) in [5.41, 5.74) is 1.02. The summed E-state index contributed by atoms with van der Waals surface area (Å²) in [5.74, 6) is 1.15. The molecular formula is C20H17F3O3. The summed E-state index contributed by atoms with van der Waals surface area (Å²) in [7, 11) is 1.47. The van der Waals surface area contributed by atoms with Gasteiger partial charge in [0, 0.05) is 24.5 Å². The Morgan fingerprint density at radius 2 is 1.88 bits per heavy atom. The first-order valence-electron chi connectivity index (χ1n) is 8.07. The molecule has 0 saturated heterocycles. The molecule has 0 fully saturated rings. The van der Waals surface area contributed by atoms with Gasteiger partial charge in [-0.25, -0.2) is 0 Å². The first-order chi connectivity index (χ1) is 12.4. The molecule has 0 bridgehead atoms. The molecule has 1 aliphatic rings. The number of allylic oxidation sites excluding steroid dienone is 2. The minimum atomic E-state index is -4.41. The monoisotopic (exact) mass is 362 g/mol. The van der Waals surface area contributed by atoms with Crippen LogP contribution in [0.2, 0.25) is 0 Å². The highest BCUT2D eigenvalue weighted by Crippen LogP contribution is 2.36. The Bertz CT molecular complexity index is 854. The summed E-state index contributed by atoms with van der Waals surface area (Å²) < 4.78 is 49.9. The van der Waals surface area contributed by atoms with Gasteiger partial charge in [-0.2, -0.15) is 13.2 Å². The first-order valence-corrected chi connectivity index (χ1v) is 8.07. The highest BCUT2D eigenvalue weighted by atomic mass is 19.4. The quantitative estimate of drug-likeness (QED) is 0.738. The molecule has 0 saturated carbocycles. The highest BCUT2D eigenvalue weighted by Gasteiger charge is 2.30. The largest absolute Gasteiger partial charge is 0.496 e. The average molecular weight is 362 g/mol. The average Bonchev–Trinajstić information content (AvgIpc) is 3.04. The second-order valence-electron chi connectivity index (χ2n) is 5.98. The fourth-order valence-corrected chi connectivity index (χ4v) is 2.79. The number of hydrogen-bond donors (Lipinski definition) is 0. The van der Waals surface area contributed by atoms with Crippen LogP contribution in [0.3, 0.4) is 0 Å². The van der Waals surface area contributed by atoms with E-state index in [1.165, 1.54) is 19.3 Å². The molecule has 0 spiro atoms.